The van der Waals surface area contributed by atoms with Gasteiger partial charge in [-0.05, 0) is 74.5 Å². The summed E-state index contributed by atoms with van der Waals surface area (Å²) < 4.78 is 17.8. The number of anilines is 1. The van der Waals surface area contributed by atoms with E-state index in [1.807, 2.05) is 19.9 Å². The largest absolute Gasteiger partial charge is 0.503 e. The van der Waals surface area contributed by atoms with Crippen LogP contribution in [0.5, 0.6) is 5.75 Å². The standard InChI is InChI=1S/C26H20BrNO6/c1-14(2)33-18-8-6-17(7-9-18)28-23(20-4-3-11-32-20)22(25(30)26(28)31)24(29)21-13-15-12-16(27)5-10-19(15)34-21/h3-14,23,30H,1-2H3. The van der Waals surface area contributed by atoms with E-state index in [0.717, 1.165) is 4.47 Å². The van der Waals surface area contributed by atoms with Crippen molar-refractivity contribution in [3.8, 4) is 5.75 Å². The number of ether oxygens (including phenoxy) is 1. The number of ketones is 1. The Kier molecular flexibility index (Phi) is 5.53. The summed E-state index contributed by atoms with van der Waals surface area (Å²) in [5, 5.41) is 11.6. The predicted molar refractivity (Wildman–Crippen MR) is 129 cm³/mol. The molecule has 0 radical (unpaired) electrons. The van der Waals surface area contributed by atoms with Crippen LogP contribution in [0.1, 0.15) is 36.2 Å². The van der Waals surface area contributed by atoms with E-state index >= 15 is 0 Å². The molecular weight excluding hydrogens is 502 g/mol. The van der Waals surface area contributed by atoms with Crippen molar-refractivity contribution in [1.29, 1.82) is 0 Å². The van der Waals surface area contributed by atoms with Crippen LogP contribution >= 0.6 is 15.9 Å². The van der Waals surface area contributed by atoms with Gasteiger partial charge in [0.15, 0.2) is 11.5 Å². The van der Waals surface area contributed by atoms with Crippen LogP contribution in [-0.2, 0) is 4.79 Å². The van der Waals surface area contributed by atoms with Gasteiger partial charge in [-0.25, -0.2) is 0 Å². The van der Waals surface area contributed by atoms with Crippen LogP contribution < -0.4 is 9.64 Å². The highest BCUT2D eigenvalue weighted by Crippen LogP contribution is 2.43. The number of halogens is 1. The van der Waals surface area contributed by atoms with Gasteiger partial charge in [-0.15, -0.1) is 0 Å². The van der Waals surface area contributed by atoms with E-state index in [0.29, 0.717) is 28.2 Å². The van der Waals surface area contributed by atoms with Crippen LogP contribution in [0.2, 0.25) is 0 Å². The Labute approximate surface area is 203 Å². The highest BCUT2D eigenvalue weighted by molar-refractivity contribution is 9.10. The topological polar surface area (TPSA) is 93.1 Å². The van der Waals surface area contributed by atoms with Gasteiger partial charge in [0.1, 0.15) is 23.1 Å². The van der Waals surface area contributed by atoms with E-state index in [4.69, 9.17) is 13.6 Å². The summed E-state index contributed by atoms with van der Waals surface area (Å²) in [7, 11) is 0. The molecule has 0 saturated heterocycles. The first-order valence-electron chi connectivity index (χ1n) is 10.6. The molecule has 1 aliphatic heterocycles. The lowest BCUT2D eigenvalue weighted by atomic mass is 9.99. The molecule has 0 spiro atoms. The third kappa shape index (κ3) is 3.80. The van der Waals surface area contributed by atoms with Crippen molar-refractivity contribution in [3.63, 3.8) is 0 Å². The summed E-state index contributed by atoms with van der Waals surface area (Å²) in [4.78, 5) is 28.1. The van der Waals surface area contributed by atoms with E-state index in [2.05, 4.69) is 15.9 Å². The number of carbonyl (C=O) groups excluding carboxylic acids is 2. The Balaban J connectivity index is 1.57. The number of fused-ring (bicyclic) bond motifs is 1. The highest BCUT2D eigenvalue weighted by Gasteiger charge is 2.46. The molecule has 5 rings (SSSR count). The minimum absolute atomic E-state index is 0.00509. The predicted octanol–water partition coefficient (Wildman–Crippen LogP) is 6.36. The fourth-order valence-corrected chi connectivity index (χ4v) is 4.41. The number of hydrogen-bond donors (Lipinski definition) is 1. The maximum atomic E-state index is 13.6. The number of amides is 1. The first-order chi connectivity index (χ1) is 16.3. The second-order valence-corrected chi connectivity index (χ2v) is 9.05. The molecule has 0 bridgehead atoms. The summed E-state index contributed by atoms with van der Waals surface area (Å²) in [5.41, 5.74) is 0.883. The maximum absolute atomic E-state index is 13.6. The number of rotatable bonds is 6. The van der Waals surface area contributed by atoms with Gasteiger partial charge >= 0.3 is 0 Å². The second kappa shape index (κ2) is 8.53. The molecule has 2 aromatic heterocycles. The molecule has 1 atom stereocenters. The van der Waals surface area contributed by atoms with Crippen molar-refractivity contribution >= 4 is 44.3 Å². The van der Waals surface area contributed by atoms with Gasteiger partial charge in [0.05, 0.1) is 17.9 Å². The Morgan fingerprint density at radius 3 is 2.56 bits per heavy atom. The zero-order chi connectivity index (χ0) is 24.0. The van der Waals surface area contributed by atoms with E-state index < -0.39 is 23.5 Å². The zero-order valence-electron chi connectivity index (χ0n) is 18.3. The lowest BCUT2D eigenvalue weighted by molar-refractivity contribution is -0.117. The molecule has 4 aromatic rings. The maximum Gasteiger partial charge on any atom is 0.294 e. The van der Waals surface area contributed by atoms with Gasteiger partial charge in [-0.1, -0.05) is 15.9 Å². The van der Waals surface area contributed by atoms with Crippen LogP contribution in [0.3, 0.4) is 0 Å². The smallest absolute Gasteiger partial charge is 0.294 e. The van der Waals surface area contributed by atoms with E-state index in [1.54, 1.807) is 54.6 Å². The van der Waals surface area contributed by atoms with Crippen LogP contribution in [-0.4, -0.2) is 22.9 Å². The Morgan fingerprint density at radius 1 is 1.12 bits per heavy atom. The summed E-state index contributed by atoms with van der Waals surface area (Å²) in [6, 6.07) is 16.2. The number of furan rings is 2. The van der Waals surface area contributed by atoms with Crippen molar-refractivity contribution in [2.75, 3.05) is 4.90 Å². The minimum Gasteiger partial charge on any atom is -0.503 e. The van der Waals surface area contributed by atoms with Crippen molar-refractivity contribution in [3.05, 3.63) is 94.3 Å². The zero-order valence-corrected chi connectivity index (χ0v) is 19.9. The molecule has 7 nitrogen and oxygen atoms in total. The summed E-state index contributed by atoms with van der Waals surface area (Å²) >= 11 is 3.40. The van der Waals surface area contributed by atoms with E-state index in [1.165, 1.54) is 11.2 Å². The SMILES string of the molecule is CC(C)Oc1ccc(N2C(=O)C(O)=C(C(=O)c3cc4cc(Br)ccc4o3)C2c2ccco2)cc1. The van der Waals surface area contributed by atoms with Crippen LogP contribution in [0.25, 0.3) is 11.0 Å². The molecule has 0 saturated carbocycles. The Morgan fingerprint density at radius 2 is 1.88 bits per heavy atom. The lowest BCUT2D eigenvalue weighted by Gasteiger charge is -2.25. The van der Waals surface area contributed by atoms with Gasteiger partial charge in [0.2, 0.25) is 5.78 Å². The Hall–Kier alpha value is -3.78. The summed E-state index contributed by atoms with van der Waals surface area (Å²) in [6.07, 6.45) is 1.45. The van der Waals surface area contributed by atoms with Gasteiger partial charge in [0, 0.05) is 15.5 Å². The quantitative estimate of drug-likeness (QED) is 0.297. The summed E-state index contributed by atoms with van der Waals surface area (Å²) in [6.45, 7) is 3.84. The lowest BCUT2D eigenvalue weighted by Crippen LogP contribution is -2.30. The number of carbonyl (C=O) groups is 2. The fraction of sp³-hybridized carbons (Fsp3) is 0.154. The fourth-order valence-electron chi connectivity index (χ4n) is 4.04. The number of benzene rings is 2. The van der Waals surface area contributed by atoms with Gasteiger partial charge in [-0.2, -0.15) is 0 Å². The number of nitrogens with zero attached hydrogens (tertiary/aromatic N) is 1. The van der Waals surface area contributed by atoms with Gasteiger partial charge in [-0.3, -0.25) is 14.5 Å². The molecule has 1 aliphatic rings. The molecule has 0 fully saturated rings. The molecule has 1 amide bonds. The molecule has 2 aromatic carbocycles. The molecule has 34 heavy (non-hydrogen) atoms. The first kappa shape index (κ1) is 22.0. The molecule has 1 unspecified atom stereocenters. The molecule has 0 aliphatic carbocycles. The molecule has 8 heteroatoms. The monoisotopic (exact) mass is 521 g/mol. The van der Waals surface area contributed by atoms with Crippen LogP contribution in [0.4, 0.5) is 5.69 Å². The number of Topliss-reactive ketones (excluding diaryl/α,β-unsaturated/α-hetero) is 1. The van der Waals surface area contributed by atoms with Gasteiger partial charge < -0.3 is 18.7 Å². The third-order valence-electron chi connectivity index (χ3n) is 5.45. The normalized spacial score (nSPS) is 16.2. The molecule has 172 valence electrons. The minimum atomic E-state index is -0.966. The van der Waals surface area contributed by atoms with Crippen LogP contribution in [0.15, 0.2) is 91.6 Å². The summed E-state index contributed by atoms with van der Waals surface area (Å²) in [5.74, 6) is -0.955. The van der Waals surface area contributed by atoms with Crippen molar-refractivity contribution in [2.45, 2.75) is 26.0 Å². The van der Waals surface area contributed by atoms with Crippen molar-refractivity contribution in [1.82, 2.24) is 0 Å². The van der Waals surface area contributed by atoms with Gasteiger partial charge in [0.25, 0.3) is 5.91 Å². The molecular formula is C26H20BrNO6. The Bertz CT molecular complexity index is 1420. The number of hydrogen-bond acceptors (Lipinski definition) is 6. The second-order valence-electron chi connectivity index (χ2n) is 8.14. The van der Waals surface area contributed by atoms with E-state index in [-0.39, 0.29) is 17.4 Å². The molecule has 1 N–H and O–H groups in total. The number of aliphatic hydroxyl groups excluding tert-OH is 1. The highest BCUT2D eigenvalue weighted by atomic mass is 79.9. The van der Waals surface area contributed by atoms with E-state index in [9.17, 15) is 14.7 Å². The van der Waals surface area contributed by atoms with Crippen LogP contribution in [0, 0.1) is 0 Å². The average molecular weight is 522 g/mol. The first-order valence-corrected chi connectivity index (χ1v) is 11.4. The van der Waals surface area contributed by atoms with Crippen molar-refractivity contribution < 1.29 is 28.3 Å². The number of aliphatic hydroxyl groups is 1. The molecule has 3 heterocycles. The average Bonchev–Trinajstić information content (AvgIpc) is 3.52. The third-order valence-corrected chi connectivity index (χ3v) is 5.95. The van der Waals surface area contributed by atoms with Crippen molar-refractivity contribution in [2.24, 2.45) is 0 Å².